The van der Waals surface area contributed by atoms with Crippen molar-refractivity contribution in [3.8, 4) is 5.75 Å². The maximum absolute atomic E-state index is 13.1. The molecule has 0 spiro atoms. The number of benzene rings is 2. The Morgan fingerprint density at radius 2 is 1.91 bits per heavy atom. The summed E-state index contributed by atoms with van der Waals surface area (Å²) < 4.78 is 47.1. The molecule has 2 aliphatic rings. The monoisotopic (exact) mass is 471 g/mol. The van der Waals surface area contributed by atoms with E-state index in [9.17, 15) is 17.8 Å². The van der Waals surface area contributed by atoms with Gasteiger partial charge in [-0.15, -0.1) is 6.58 Å². The van der Waals surface area contributed by atoms with Crippen LogP contribution in [0.5, 0.6) is 5.75 Å². The molecule has 0 saturated carbocycles. The first-order valence-corrected chi connectivity index (χ1v) is 12.4. The van der Waals surface area contributed by atoms with Gasteiger partial charge in [0.25, 0.3) is 16.0 Å². The van der Waals surface area contributed by atoms with Crippen molar-refractivity contribution in [3.05, 3.63) is 77.9 Å². The van der Waals surface area contributed by atoms with Crippen molar-refractivity contribution in [2.24, 2.45) is 11.3 Å². The van der Waals surface area contributed by atoms with E-state index in [0.717, 1.165) is 10.5 Å². The number of hydrogen-bond acceptors (Lipinski definition) is 5. The molecule has 4 rings (SSSR count). The van der Waals surface area contributed by atoms with E-state index in [2.05, 4.69) is 6.58 Å². The van der Waals surface area contributed by atoms with Gasteiger partial charge in [-0.3, -0.25) is 14.2 Å². The molecule has 2 aromatic carbocycles. The van der Waals surface area contributed by atoms with E-state index in [4.69, 9.17) is 9.47 Å². The summed E-state index contributed by atoms with van der Waals surface area (Å²) in [5.41, 5.74) is 1.49. The normalized spacial score (nSPS) is 19.8. The zero-order valence-corrected chi connectivity index (χ0v) is 19.8. The quantitative estimate of drug-likeness (QED) is 0.403. The zero-order valence-electron chi connectivity index (χ0n) is 19.0. The van der Waals surface area contributed by atoms with Gasteiger partial charge >= 0.3 is 0 Å². The summed E-state index contributed by atoms with van der Waals surface area (Å²) in [6, 6.07) is 14.9. The summed E-state index contributed by atoms with van der Waals surface area (Å²) in [5, 5.41) is -1.45. The van der Waals surface area contributed by atoms with Crippen molar-refractivity contribution >= 4 is 16.0 Å². The van der Waals surface area contributed by atoms with E-state index in [1.807, 2.05) is 44.2 Å². The van der Waals surface area contributed by atoms with E-state index in [0.29, 0.717) is 29.9 Å². The fourth-order valence-corrected chi connectivity index (χ4v) is 6.26. The van der Waals surface area contributed by atoms with Gasteiger partial charge in [0.1, 0.15) is 5.75 Å². The lowest BCUT2D eigenvalue weighted by Crippen LogP contribution is -2.50. The predicted octanol–water partition coefficient (Wildman–Crippen LogP) is 4.57. The fraction of sp³-hybridized carbons (Fsp3) is 0.400. The van der Waals surface area contributed by atoms with E-state index in [-0.39, 0.29) is 6.10 Å². The molecular formula is C25H29NO6S. The first kappa shape index (κ1) is 23.5. The molecule has 0 saturated heterocycles. The van der Waals surface area contributed by atoms with Crippen LogP contribution in [0.1, 0.15) is 54.9 Å². The van der Waals surface area contributed by atoms with Gasteiger partial charge in [0.2, 0.25) is 6.23 Å². The second-order valence-electron chi connectivity index (χ2n) is 9.43. The maximum atomic E-state index is 13.1. The molecule has 0 aromatic heterocycles. The summed E-state index contributed by atoms with van der Waals surface area (Å²) in [4.78, 5) is 14.2. The highest BCUT2D eigenvalue weighted by Crippen LogP contribution is 2.49. The second kappa shape index (κ2) is 8.59. The number of nitrogens with zero attached hydrogens (tertiary/aromatic N) is 1. The number of hydrogen-bond donors (Lipinski definition) is 1. The maximum Gasteiger partial charge on any atom is 0.286 e. The molecule has 4 atom stereocenters. The van der Waals surface area contributed by atoms with E-state index in [1.165, 1.54) is 0 Å². The molecule has 1 amide bonds. The van der Waals surface area contributed by atoms with Crippen LogP contribution >= 0.6 is 0 Å². The molecule has 3 unspecified atom stereocenters. The van der Waals surface area contributed by atoms with Crippen LogP contribution in [0.2, 0.25) is 0 Å². The third-order valence-electron chi connectivity index (χ3n) is 6.44. The molecule has 0 aliphatic carbocycles. The van der Waals surface area contributed by atoms with Crippen molar-refractivity contribution in [3.63, 3.8) is 0 Å². The van der Waals surface area contributed by atoms with Crippen LogP contribution in [0.3, 0.4) is 0 Å². The standard InChI is InChI=1S/C25H29NO6S/c1-5-20(31-15-17-10-7-6-8-11-17)25(3,4)14-16(2)24(33(28,29)30)26-22(27)21-18-12-9-13-19(21)32-23(18)26/h5-13,16,20,23-24H,1,14-15H2,2-4H3,(H,28,29,30)/t16?,20?,23?,24-/m0/s1. The smallest absolute Gasteiger partial charge is 0.286 e. The summed E-state index contributed by atoms with van der Waals surface area (Å²) in [6.45, 7) is 9.92. The van der Waals surface area contributed by atoms with Crippen molar-refractivity contribution in [1.29, 1.82) is 0 Å². The van der Waals surface area contributed by atoms with Crippen LogP contribution in [0.25, 0.3) is 0 Å². The van der Waals surface area contributed by atoms with E-state index in [1.54, 1.807) is 31.2 Å². The van der Waals surface area contributed by atoms with Crippen LogP contribution in [-0.2, 0) is 21.5 Å². The van der Waals surface area contributed by atoms with E-state index < -0.39 is 39.0 Å². The third-order valence-corrected chi connectivity index (χ3v) is 7.74. The molecular weight excluding hydrogens is 442 g/mol. The van der Waals surface area contributed by atoms with Crippen LogP contribution < -0.4 is 4.74 Å². The average Bonchev–Trinajstić information content (AvgIpc) is 3.12. The lowest BCUT2D eigenvalue weighted by molar-refractivity contribution is -0.0251. The first-order valence-electron chi connectivity index (χ1n) is 10.9. The van der Waals surface area contributed by atoms with Gasteiger partial charge in [0.15, 0.2) is 5.37 Å². The lowest BCUT2D eigenvalue weighted by atomic mass is 9.78. The summed E-state index contributed by atoms with van der Waals surface area (Å²) >= 11 is 0. The van der Waals surface area contributed by atoms with Gasteiger partial charge in [-0.25, -0.2) is 0 Å². The topological polar surface area (TPSA) is 93.1 Å². The van der Waals surface area contributed by atoms with Crippen molar-refractivity contribution in [2.75, 3.05) is 0 Å². The highest BCUT2D eigenvalue weighted by Gasteiger charge is 2.54. The Balaban J connectivity index is 1.54. The van der Waals surface area contributed by atoms with Gasteiger partial charge in [0, 0.05) is 5.56 Å². The third kappa shape index (κ3) is 4.30. The van der Waals surface area contributed by atoms with Gasteiger partial charge in [0.05, 0.1) is 18.3 Å². The van der Waals surface area contributed by atoms with Gasteiger partial charge in [-0.2, -0.15) is 8.42 Å². The van der Waals surface area contributed by atoms with Crippen molar-refractivity contribution < 1.29 is 27.2 Å². The summed E-state index contributed by atoms with van der Waals surface area (Å²) in [7, 11) is -4.60. The van der Waals surface area contributed by atoms with Gasteiger partial charge in [-0.05, 0) is 29.4 Å². The molecule has 0 radical (unpaired) electrons. The fourth-order valence-electron chi connectivity index (χ4n) is 5.09. The Labute approximate surface area is 194 Å². The second-order valence-corrected chi connectivity index (χ2v) is 10.9. The SMILES string of the molecule is C=CC(OCc1ccccc1)C(C)(C)CC(C)[C@@H](N1C(=O)c2c3cccc2C1O3)S(=O)(=O)O. The molecule has 176 valence electrons. The molecule has 2 heterocycles. The highest BCUT2D eigenvalue weighted by atomic mass is 32.2. The number of ether oxygens (including phenoxy) is 2. The molecule has 4 bridgehead atoms. The Kier molecular flexibility index (Phi) is 6.11. The molecule has 2 aromatic rings. The molecule has 2 aliphatic heterocycles. The zero-order chi connectivity index (χ0) is 24.0. The van der Waals surface area contributed by atoms with Gasteiger partial charge in [-0.1, -0.05) is 69.3 Å². The Morgan fingerprint density at radius 1 is 1.21 bits per heavy atom. The van der Waals surface area contributed by atoms with Crippen molar-refractivity contribution in [2.45, 2.75) is 51.5 Å². The average molecular weight is 472 g/mol. The molecule has 33 heavy (non-hydrogen) atoms. The minimum atomic E-state index is -4.60. The van der Waals surface area contributed by atoms with E-state index >= 15 is 0 Å². The van der Waals surface area contributed by atoms with Gasteiger partial charge < -0.3 is 9.47 Å². The lowest BCUT2D eigenvalue weighted by Gasteiger charge is -2.40. The highest BCUT2D eigenvalue weighted by molar-refractivity contribution is 7.86. The number of carbonyl (C=O) groups excluding carboxylic acids is 1. The summed E-state index contributed by atoms with van der Waals surface area (Å²) in [6.07, 6.45) is 0.832. The minimum absolute atomic E-state index is 0.350. The molecule has 7 nitrogen and oxygen atoms in total. The van der Waals surface area contributed by atoms with Crippen LogP contribution in [-0.4, -0.2) is 35.3 Å². The largest absolute Gasteiger partial charge is 0.465 e. The Hall–Kier alpha value is -2.68. The Bertz CT molecular complexity index is 1160. The van der Waals surface area contributed by atoms with Crippen LogP contribution in [0.4, 0.5) is 0 Å². The Morgan fingerprint density at radius 3 is 2.52 bits per heavy atom. The molecule has 1 N–H and O–H groups in total. The minimum Gasteiger partial charge on any atom is -0.465 e. The predicted molar refractivity (Wildman–Crippen MR) is 124 cm³/mol. The van der Waals surface area contributed by atoms with Crippen LogP contribution in [0, 0.1) is 11.3 Å². The van der Waals surface area contributed by atoms with Crippen molar-refractivity contribution in [1.82, 2.24) is 4.90 Å². The molecule has 0 fully saturated rings. The number of amides is 1. The van der Waals surface area contributed by atoms with Crippen LogP contribution in [0.15, 0.2) is 61.2 Å². The number of carbonyl (C=O) groups is 1. The number of rotatable bonds is 10. The molecule has 8 heteroatoms. The summed E-state index contributed by atoms with van der Waals surface area (Å²) in [5.74, 6) is -0.602. The first-order chi connectivity index (χ1) is 15.5.